The predicted octanol–water partition coefficient (Wildman–Crippen LogP) is 5.34. The number of esters is 1. The Kier molecular flexibility index (Phi) is 5.66. The van der Waals surface area contributed by atoms with Crippen LogP contribution in [-0.4, -0.2) is 37.6 Å². The van der Waals surface area contributed by atoms with E-state index in [-0.39, 0.29) is 12.6 Å². The number of benzene rings is 3. The van der Waals surface area contributed by atoms with Gasteiger partial charge in [0.1, 0.15) is 5.92 Å². The first-order valence-electron chi connectivity index (χ1n) is 10.2. The molecular formula is C24H17Cl2N5O2. The summed E-state index contributed by atoms with van der Waals surface area (Å²) in [5, 5.41) is 13.8. The molecule has 9 heteroatoms. The lowest BCUT2D eigenvalue weighted by molar-refractivity contribution is -0.143. The molecule has 0 saturated heterocycles. The number of fused-ring (bicyclic) bond motifs is 3. The van der Waals surface area contributed by atoms with Crippen LogP contribution in [0.25, 0.3) is 27.9 Å². The highest BCUT2D eigenvalue weighted by Gasteiger charge is 2.25. The van der Waals surface area contributed by atoms with E-state index in [1.807, 2.05) is 48.5 Å². The minimum atomic E-state index is -0.636. The molecule has 0 aliphatic heterocycles. The van der Waals surface area contributed by atoms with Gasteiger partial charge in [-0.15, -0.1) is 0 Å². The smallest absolute Gasteiger partial charge is 0.317 e. The van der Waals surface area contributed by atoms with E-state index < -0.39 is 5.92 Å². The molecule has 2 aromatic heterocycles. The molecule has 0 N–H and O–H groups in total. The Morgan fingerprint density at radius 2 is 1.79 bits per heavy atom. The van der Waals surface area contributed by atoms with E-state index in [2.05, 4.69) is 20.5 Å². The van der Waals surface area contributed by atoms with Crippen LogP contribution < -0.4 is 0 Å². The van der Waals surface area contributed by atoms with Gasteiger partial charge in [0, 0.05) is 21.0 Å². The van der Waals surface area contributed by atoms with Crippen molar-refractivity contribution in [2.24, 2.45) is 0 Å². The molecule has 1 unspecified atom stereocenters. The van der Waals surface area contributed by atoms with Crippen LogP contribution in [-0.2, 0) is 9.53 Å². The maximum Gasteiger partial charge on any atom is 0.317 e. The SMILES string of the molecule is CCOC(=O)C(c1ccc(Cl)cc1)c1ccc2c(c1)c(-c1cccc(Cl)c1)nc1nnnn12. The van der Waals surface area contributed by atoms with E-state index in [0.717, 1.165) is 27.6 Å². The topological polar surface area (TPSA) is 82.3 Å². The molecule has 33 heavy (non-hydrogen) atoms. The zero-order chi connectivity index (χ0) is 22.9. The maximum atomic E-state index is 13.0. The summed E-state index contributed by atoms with van der Waals surface area (Å²) in [6, 6.07) is 20.3. The molecule has 0 aliphatic carbocycles. The lowest BCUT2D eigenvalue weighted by Crippen LogP contribution is -2.17. The fourth-order valence-electron chi connectivity index (χ4n) is 3.88. The average Bonchev–Trinajstić information content (AvgIpc) is 3.29. The molecule has 2 heterocycles. The van der Waals surface area contributed by atoms with E-state index in [0.29, 0.717) is 21.5 Å². The molecule has 5 rings (SSSR count). The first-order chi connectivity index (χ1) is 16.0. The van der Waals surface area contributed by atoms with Crippen molar-refractivity contribution in [1.29, 1.82) is 0 Å². The molecule has 0 saturated carbocycles. The van der Waals surface area contributed by atoms with Gasteiger partial charge in [-0.1, -0.05) is 58.6 Å². The molecule has 0 fully saturated rings. The zero-order valence-electron chi connectivity index (χ0n) is 17.4. The van der Waals surface area contributed by atoms with Crippen molar-refractivity contribution >= 4 is 45.9 Å². The van der Waals surface area contributed by atoms with Crippen LogP contribution in [0.1, 0.15) is 24.0 Å². The van der Waals surface area contributed by atoms with Crippen molar-refractivity contribution in [2.45, 2.75) is 12.8 Å². The summed E-state index contributed by atoms with van der Waals surface area (Å²) in [6.45, 7) is 2.06. The van der Waals surface area contributed by atoms with Crippen LogP contribution in [0, 0.1) is 0 Å². The van der Waals surface area contributed by atoms with Crippen LogP contribution >= 0.6 is 23.2 Å². The Hall–Kier alpha value is -3.55. The molecule has 0 spiro atoms. The van der Waals surface area contributed by atoms with E-state index in [4.69, 9.17) is 27.9 Å². The van der Waals surface area contributed by atoms with Gasteiger partial charge in [0.15, 0.2) is 0 Å². The Bertz CT molecular complexity index is 1480. The number of halogens is 2. The predicted molar refractivity (Wildman–Crippen MR) is 126 cm³/mol. The molecule has 0 aliphatic rings. The fourth-order valence-corrected chi connectivity index (χ4v) is 4.19. The molecular weight excluding hydrogens is 461 g/mol. The summed E-state index contributed by atoms with van der Waals surface area (Å²) in [5.41, 5.74) is 3.76. The second-order valence-electron chi connectivity index (χ2n) is 7.37. The minimum Gasteiger partial charge on any atom is -0.465 e. The highest BCUT2D eigenvalue weighted by molar-refractivity contribution is 6.31. The van der Waals surface area contributed by atoms with Crippen molar-refractivity contribution in [2.75, 3.05) is 6.61 Å². The van der Waals surface area contributed by atoms with E-state index in [1.54, 1.807) is 29.6 Å². The lowest BCUT2D eigenvalue weighted by atomic mass is 9.90. The quantitative estimate of drug-likeness (QED) is 0.317. The number of tetrazole rings is 1. The number of nitrogens with zero attached hydrogens (tertiary/aromatic N) is 5. The van der Waals surface area contributed by atoms with Crippen molar-refractivity contribution in [3.8, 4) is 11.3 Å². The lowest BCUT2D eigenvalue weighted by Gasteiger charge is -2.18. The van der Waals surface area contributed by atoms with E-state index in [9.17, 15) is 4.79 Å². The molecule has 5 aromatic rings. The third kappa shape index (κ3) is 4.01. The molecule has 164 valence electrons. The molecule has 0 radical (unpaired) electrons. The number of rotatable bonds is 5. The van der Waals surface area contributed by atoms with Gasteiger partial charge in [0.05, 0.1) is 17.8 Å². The largest absolute Gasteiger partial charge is 0.465 e. The number of ether oxygens (including phenoxy) is 1. The number of aromatic nitrogens is 5. The van der Waals surface area contributed by atoms with Crippen LogP contribution in [0.5, 0.6) is 0 Å². The maximum absolute atomic E-state index is 13.0. The summed E-state index contributed by atoms with van der Waals surface area (Å²) in [7, 11) is 0. The van der Waals surface area contributed by atoms with E-state index in [1.165, 1.54) is 0 Å². The number of carbonyl (C=O) groups is 1. The molecule has 7 nitrogen and oxygen atoms in total. The molecule has 0 amide bonds. The summed E-state index contributed by atoms with van der Waals surface area (Å²) in [5.74, 6) is -0.617. The molecule has 0 bridgehead atoms. The van der Waals surface area contributed by atoms with Gasteiger partial charge in [0.25, 0.3) is 5.78 Å². The summed E-state index contributed by atoms with van der Waals surface area (Å²) < 4.78 is 6.97. The number of hydrogen-bond donors (Lipinski definition) is 0. The average molecular weight is 478 g/mol. The Morgan fingerprint density at radius 3 is 2.55 bits per heavy atom. The number of carbonyl (C=O) groups excluding carboxylic acids is 1. The van der Waals surface area contributed by atoms with Crippen LogP contribution in [0.15, 0.2) is 66.7 Å². The van der Waals surface area contributed by atoms with Gasteiger partial charge in [-0.25, -0.2) is 4.98 Å². The normalized spacial score (nSPS) is 12.2. The minimum absolute atomic E-state index is 0.275. The van der Waals surface area contributed by atoms with E-state index >= 15 is 0 Å². The van der Waals surface area contributed by atoms with Gasteiger partial charge < -0.3 is 4.74 Å². The third-order valence-corrected chi connectivity index (χ3v) is 5.81. The van der Waals surface area contributed by atoms with Gasteiger partial charge in [-0.2, -0.15) is 4.52 Å². The monoisotopic (exact) mass is 477 g/mol. The number of hydrogen-bond acceptors (Lipinski definition) is 6. The summed E-state index contributed by atoms with van der Waals surface area (Å²) in [6.07, 6.45) is 0. The van der Waals surface area contributed by atoms with Crippen LogP contribution in [0.4, 0.5) is 0 Å². The first-order valence-corrected chi connectivity index (χ1v) is 11.0. The Morgan fingerprint density at radius 1 is 1.00 bits per heavy atom. The van der Waals surface area contributed by atoms with Crippen molar-refractivity contribution in [3.05, 3.63) is 87.9 Å². The molecule has 3 aromatic carbocycles. The zero-order valence-corrected chi connectivity index (χ0v) is 19.0. The highest BCUT2D eigenvalue weighted by Crippen LogP contribution is 2.34. The van der Waals surface area contributed by atoms with Crippen LogP contribution in [0.2, 0.25) is 10.0 Å². The molecule has 1 atom stereocenters. The van der Waals surface area contributed by atoms with Crippen molar-refractivity contribution in [3.63, 3.8) is 0 Å². The van der Waals surface area contributed by atoms with Gasteiger partial charge >= 0.3 is 5.97 Å². The Balaban J connectivity index is 1.76. The second kappa shape index (κ2) is 8.77. The summed E-state index contributed by atoms with van der Waals surface area (Å²) >= 11 is 12.3. The third-order valence-electron chi connectivity index (χ3n) is 5.33. The fraction of sp³-hybridized carbons (Fsp3) is 0.125. The summed E-state index contributed by atoms with van der Waals surface area (Å²) in [4.78, 5) is 17.7. The highest BCUT2D eigenvalue weighted by atomic mass is 35.5. The van der Waals surface area contributed by atoms with Crippen LogP contribution in [0.3, 0.4) is 0 Å². The van der Waals surface area contributed by atoms with Crippen molar-refractivity contribution in [1.82, 2.24) is 25.0 Å². The standard InChI is InChI=1S/C24H17Cl2N5O2/c1-2-33-23(32)21(14-6-9-17(25)10-7-14)15-8-11-20-19(13-15)22(16-4-3-5-18(26)12-16)27-24-28-29-30-31(20)24/h3-13,21H,2H2,1H3. The van der Waals surface area contributed by atoms with Gasteiger partial charge in [-0.05, 0) is 64.9 Å². The van der Waals surface area contributed by atoms with Gasteiger partial charge in [0.2, 0.25) is 0 Å². The van der Waals surface area contributed by atoms with Gasteiger partial charge in [-0.3, -0.25) is 4.79 Å². The Labute approximate surface area is 198 Å². The van der Waals surface area contributed by atoms with Crippen molar-refractivity contribution < 1.29 is 9.53 Å². The first kappa shape index (κ1) is 21.3. The second-order valence-corrected chi connectivity index (χ2v) is 8.25.